The van der Waals surface area contributed by atoms with Crippen molar-refractivity contribution in [3.8, 4) is 17.7 Å². The molecule has 0 unspecified atom stereocenters. The number of nitriles is 1. The molecular weight excluding hydrogens is 244 g/mol. The van der Waals surface area contributed by atoms with Crippen LogP contribution >= 0.6 is 0 Å². The molecule has 1 aromatic heterocycles. The third-order valence-electron chi connectivity index (χ3n) is 2.45. The van der Waals surface area contributed by atoms with E-state index in [0.717, 1.165) is 0 Å². The molecule has 0 saturated carbocycles. The highest BCUT2D eigenvalue weighted by molar-refractivity contribution is 5.87. The van der Waals surface area contributed by atoms with Gasteiger partial charge in [0.05, 0.1) is 17.2 Å². The normalized spacial score (nSPS) is 9.68. The van der Waals surface area contributed by atoms with E-state index in [2.05, 4.69) is 4.98 Å². The van der Waals surface area contributed by atoms with Gasteiger partial charge in [-0.25, -0.2) is 9.78 Å². The highest BCUT2D eigenvalue weighted by Crippen LogP contribution is 2.23. The first-order valence-electron chi connectivity index (χ1n) is 5.48. The van der Waals surface area contributed by atoms with Gasteiger partial charge in [-0.15, -0.1) is 0 Å². The van der Waals surface area contributed by atoms with Crippen molar-refractivity contribution < 1.29 is 14.6 Å². The van der Waals surface area contributed by atoms with E-state index < -0.39 is 5.97 Å². The first-order valence-corrected chi connectivity index (χ1v) is 5.48. The van der Waals surface area contributed by atoms with Gasteiger partial charge in [0.15, 0.2) is 0 Å². The Hall–Kier alpha value is -2.87. The van der Waals surface area contributed by atoms with Crippen molar-refractivity contribution in [1.82, 2.24) is 4.98 Å². The van der Waals surface area contributed by atoms with Gasteiger partial charge in [0, 0.05) is 11.8 Å². The zero-order chi connectivity index (χ0) is 13.8. The Morgan fingerprint density at radius 3 is 2.84 bits per heavy atom. The maximum Gasteiger partial charge on any atom is 0.337 e. The summed E-state index contributed by atoms with van der Waals surface area (Å²) in [7, 11) is 0. The van der Waals surface area contributed by atoms with Crippen molar-refractivity contribution in [3.05, 3.63) is 53.2 Å². The van der Waals surface area contributed by atoms with Crippen LogP contribution in [0.4, 0.5) is 0 Å². The Bertz CT molecular complexity index is 675. The van der Waals surface area contributed by atoms with E-state index >= 15 is 0 Å². The third kappa shape index (κ3) is 2.87. The summed E-state index contributed by atoms with van der Waals surface area (Å²) >= 11 is 0. The molecule has 19 heavy (non-hydrogen) atoms. The molecule has 1 N–H and O–H groups in total. The van der Waals surface area contributed by atoms with Gasteiger partial charge < -0.3 is 9.84 Å². The Labute approximate surface area is 109 Å². The molecule has 2 aromatic rings. The second-order valence-corrected chi connectivity index (χ2v) is 3.89. The first-order chi connectivity index (χ1) is 9.10. The van der Waals surface area contributed by atoms with E-state index in [0.29, 0.717) is 22.8 Å². The van der Waals surface area contributed by atoms with Gasteiger partial charge in [-0.3, -0.25) is 0 Å². The molecule has 5 heteroatoms. The van der Waals surface area contributed by atoms with Crippen LogP contribution in [0, 0.1) is 18.3 Å². The Morgan fingerprint density at radius 1 is 1.42 bits per heavy atom. The maximum atomic E-state index is 10.8. The summed E-state index contributed by atoms with van der Waals surface area (Å²) in [6, 6.07) is 10.2. The molecule has 1 aromatic carbocycles. The highest BCUT2D eigenvalue weighted by atomic mass is 16.5. The van der Waals surface area contributed by atoms with Crippen LogP contribution in [0.25, 0.3) is 0 Å². The number of nitrogens with zero attached hydrogens (tertiary/aromatic N) is 2. The number of hydrogen-bond acceptors (Lipinski definition) is 4. The number of carboxylic acid groups (broad SMARTS) is 1. The van der Waals surface area contributed by atoms with Crippen LogP contribution in [-0.4, -0.2) is 16.1 Å². The largest absolute Gasteiger partial charge is 0.478 e. The Morgan fingerprint density at radius 2 is 2.21 bits per heavy atom. The minimum Gasteiger partial charge on any atom is -0.478 e. The number of aryl methyl sites for hydroxylation is 1. The molecule has 0 aliphatic rings. The lowest BCUT2D eigenvalue weighted by molar-refractivity contribution is 0.0696. The number of rotatable bonds is 3. The van der Waals surface area contributed by atoms with E-state index in [-0.39, 0.29) is 5.56 Å². The zero-order valence-corrected chi connectivity index (χ0v) is 10.1. The van der Waals surface area contributed by atoms with E-state index in [1.54, 1.807) is 31.2 Å². The number of ether oxygens (including phenoxy) is 1. The molecule has 0 aliphatic heterocycles. The highest BCUT2D eigenvalue weighted by Gasteiger charge is 2.09. The van der Waals surface area contributed by atoms with Gasteiger partial charge in [-0.2, -0.15) is 5.26 Å². The van der Waals surface area contributed by atoms with E-state index in [1.807, 2.05) is 6.07 Å². The molecule has 0 spiro atoms. The fraction of sp³-hybridized carbons (Fsp3) is 0.0714. The van der Waals surface area contributed by atoms with Crippen molar-refractivity contribution in [2.45, 2.75) is 6.92 Å². The summed E-state index contributed by atoms with van der Waals surface area (Å²) in [4.78, 5) is 14.8. The summed E-state index contributed by atoms with van der Waals surface area (Å²) in [5, 5.41) is 17.6. The number of aromatic carboxylic acids is 1. The second-order valence-electron chi connectivity index (χ2n) is 3.89. The van der Waals surface area contributed by atoms with Crippen molar-refractivity contribution >= 4 is 5.97 Å². The Balaban J connectivity index is 2.28. The van der Waals surface area contributed by atoms with Gasteiger partial charge in [-0.1, -0.05) is 6.07 Å². The molecule has 0 atom stereocenters. The predicted octanol–water partition coefficient (Wildman–Crippen LogP) is 2.75. The summed E-state index contributed by atoms with van der Waals surface area (Å²) < 4.78 is 5.53. The molecule has 1 heterocycles. The number of carboxylic acids is 1. The van der Waals surface area contributed by atoms with Gasteiger partial charge in [0.1, 0.15) is 5.75 Å². The molecule has 94 valence electrons. The van der Waals surface area contributed by atoms with Crippen molar-refractivity contribution in [3.63, 3.8) is 0 Å². The van der Waals surface area contributed by atoms with Crippen LogP contribution in [0.1, 0.15) is 21.5 Å². The molecule has 0 fully saturated rings. The fourth-order valence-corrected chi connectivity index (χ4v) is 1.53. The molecule has 0 radical (unpaired) electrons. The van der Waals surface area contributed by atoms with Crippen LogP contribution in [0.2, 0.25) is 0 Å². The van der Waals surface area contributed by atoms with Gasteiger partial charge in [-0.05, 0) is 31.2 Å². The van der Waals surface area contributed by atoms with Crippen LogP contribution in [0.15, 0.2) is 36.5 Å². The monoisotopic (exact) mass is 254 g/mol. The number of carbonyl (C=O) groups is 1. The number of pyridine rings is 1. The molecular formula is C14H10N2O3. The number of hydrogen-bond donors (Lipinski definition) is 1. The van der Waals surface area contributed by atoms with Crippen LogP contribution in [0.3, 0.4) is 0 Å². The minimum atomic E-state index is -1.03. The lowest BCUT2D eigenvalue weighted by Gasteiger charge is -2.08. The summed E-state index contributed by atoms with van der Waals surface area (Å²) in [5.74, 6) is -0.230. The summed E-state index contributed by atoms with van der Waals surface area (Å²) in [5.41, 5.74) is 1.20. The topological polar surface area (TPSA) is 83.2 Å². The Kier molecular flexibility index (Phi) is 3.44. The lowest BCUT2D eigenvalue weighted by Crippen LogP contribution is -2.00. The minimum absolute atomic E-state index is 0.107. The van der Waals surface area contributed by atoms with E-state index in [1.165, 1.54) is 12.3 Å². The first kappa shape index (κ1) is 12.6. The number of benzene rings is 1. The quantitative estimate of drug-likeness (QED) is 0.910. The van der Waals surface area contributed by atoms with Crippen LogP contribution < -0.4 is 4.74 Å². The number of aromatic nitrogens is 1. The van der Waals surface area contributed by atoms with Gasteiger partial charge in [0.2, 0.25) is 5.88 Å². The van der Waals surface area contributed by atoms with Crippen LogP contribution in [-0.2, 0) is 0 Å². The average molecular weight is 254 g/mol. The SMILES string of the molecule is Cc1cc(C(=O)O)cnc1Oc1cccc(C#N)c1. The smallest absolute Gasteiger partial charge is 0.337 e. The van der Waals surface area contributed by atoms with Crippen molar-refractivity contribution in [2.75, 3.05) is 0 Å². The average Bonchev–Trinajstić information content (AvgIpc) is 2.41. The molecule has 5 nitrogen and oxygen atoms in total. The predicted molar refractivity (Wildman–Crippen MR) is 67.2 cm³/mol. The van der Waals surface area contributed by atoms with E-state index in [4.69, 9.17) is 15.1 Å². The van der Waals surface area contributed by atoms with Gasteiger partial charge >= 0.3 is 5.97 Å². The second kappa shape index (κ2) is 5.19. The fourth-order valence-electron chi connectivity index (χ4n) is 1.53. The van der Waals surface area contributed by atoms with Crippen molar-refractivity contribution in [2.24, 2.45) is 0 Å². The zero-order valence-electron chi connectivity index (χ0n) is 10.1. The summed E-state index contributed by atoms with van der Waals surface area (Å²) in [6.45, 7) is 1.71. The molecule has 0 amide bonds. The maximum absolute atomic E-state index is 10.8. The third-order valence-corrected chi connectivity index (χ3v) is 2.45. The van der Waals surface area contributed by atoms with Gasteiger partial charge in [0.25, 0.3) is 0 Å². The van der Waals surface area contributed by atoms with Crippen molar-refractivity contribution in [1.29, 1.82) is 5.26 Å². The standard InChI is InChI=1S/C14H10N2O3/c1-9-5-11(14(17)18)8-16-13(9)19-12-4-2-3-10(6-12)7-15/h2-6,8H,1H3,(H,17,18). The molecule has 0 saturated heterocycles. The molecule has 0 bridgehead atoms. The van der Waals surface area contributed by atoms with Crippen LogP contribution in [0.5, 0.6) is 11.6 Å². The molecule has 0 aliphatic carbocycles. The summed E-state index contributed by atoms with van der Waals surface area (Å²) in [6.07, 6.45) is 1.23. The molecule has 2 rings (SSSR count). The van der Waals surface area contributed by atoms with E-state index in [9.17, 15) is 4.79 Å². The lowest BCUT2D eigenvalue weighted by atomic mass is 10.2.